The van der Waals surface area contributed by atoms with Crippen LogP contribution in [-0.4, -0.2) is 35.3 Å². The Hall–Kier alpha value is -2.97. The van der Waals surface area contributed by atoms with E-state index in [0.29, 0.717) is 22.8 Å². The first-order valence-electron chi connectivity index (χ1n) is 10.8. The molecular formula is C25H27ClFN3O3S. The standard InChI is InChI=1S/C25H27ClFN3O3S/c1-4-12-29(24(31)22-10-5-6-11-23(22)27)16-21-14-28-25(30(21)15-18(2)3)34(32,33)17-19-8-7-9-20(26)13-19/h4-11,13-14,18H,1,12,15-17H2,2-3H3. The van der Waals surface area contributed by atoms with Crippen LogP contribution in [0.4, 0.5) is 4.39 Å². The highest BCUT2D eigenvalue weighted by molar-refractivity contribution is 7.90. The molecule has 1 amide bonds. The van der Waals surface area contributed by atoms with E-state index in [2.05, 4.69) is 11.6 Å². The summed E-state index contributed by atoms with van der Waals surface area (Å²) in [6.45, 7) is 8.20. The zero-order chi connectivity index (χ0) is 24.9. The van der Waals surface area contributed by atoms with Gasteiger partial charge in [-0.05, 0) is 35.7 Å². The van der Waals surface area contributed by atoms with Gasteiger partial charge in [-0.25, -0.2) is 17.8 Å². The number of nitrogens with zero attached hydrogens (tertiary/aromatic N) is 3. The van der Waals surface area contributed by atoms with E-state index in [1.807, 2.05) is 13.8 Å². The Morgan fingerprint density at radius 3 is 2.62 bits per heavy atom. The van der Waals surface area contributed by atoms with Crippen molar-refractivity contribution < 1.29 is 17.6 Å². The molecule has 0 radical (unpaired) electrons. The highest BCUT2D eigenvalue weighted by Gasteiger charge is 2.26. The first-order valence-corrected chi connectivity index (χ1v) is 12.8. The minimum Gasteiger partial charge on any atom is -0.329 e. The van der Waals surface area contributed by atoms with E-state index in [0.717, 1.165) is 0 Å². The lowest BCUT2D eigenvalue weighted by molar-refractivity contribution is 0.0754. The normalized spacial score (nSPS) is 11.6. The van der Waals surface area contributed by atoms with Crippen molar-refractivity contribution in [3.8, 4) is 0 Å². The largest absolute Gasteiger partial charge is 0.329 e. The van der Waals surface area contributed by atoms with Gasteiger partial charge in [0.1, 0.15) is 5.82 Å². The summed E-state index contributed by atoms with van der Waals surface area (Å²) in [6.07, 6.45) is 3.00. The summed E-state index contributed by atoms with van der Waals surface area (Å²) < 4.78 is 42.4. The molecule has 0 bridgehead atoms. The number of hydrogen-bond acceptors (Lipinski definition) is 4. The number of carbonyl (C=O) groups excluding carboxylic acids is 1. The molecule has 0 unspecified atom stereocenters. The third kappa shape index (κ3) is 6.12. The number of carbonyl (C=O) groups is 1. The lowest BCUT2D eigenvalue weighted by atomic mass is 10.1. The highest BCUT2D eigenvalue weighted by atomic mass is 35.5. The monoisotopic (exact) mass is 503 g/mol. The molecule has 0 N–H and O–H groups in total. The summed E-state index contributed by atoms with van der Waals surface area (Å²) in [5.74, 6) is -1.28. The van der Waals surface area contributed by atoms with E-state index < -0.39 is 21.6 Å². The van der Waals surface area contributed by atoms with Crippen LogP contribution in [0.3, 0.4) is 0 Å². The highest BCUT2D eigenvalue weighted by Crippen LogP contribution is 2.22. The molecule has 0 aliphatic rings. The van der Waals surface area contributed by atoms with Crippen LogP contribution in [0.15, 0.2) is 72.5 Å². The Kier molecular flexibility index (Phi) is 8.28. The molecule has 9 heteroatoms. The first kappa shape index (κ1) is 25.6. The van der Waals surface area contributed by atoms with Crippen molar-refractivity contribution in [1.29, 1.82) is 0 Å². The first-order chi connectivity index (χ1) is 16.1. The fraction of sp³-hybridized carbons (Fsp3) is 0.280. The van der Waals surface area contributed by atoms with Gasteiger partial charge in [-0.1, -0.05) is 55.8 Å². The minimum atomic E-state index is -3.80. The maximum absolute atomic E-state index is 14.2. The number of rotatable bonds is 10. The predicted octanol–water partition coefficient (Wildman–Crippen LogP) is 5.13. The van der Waals surface area contributed by atoms with Gasteiger partial charge < -0.3 is 9.47 Å². The molecule has 0 atom stereocenters. The minimum absolute atomic E-state index is 0.0472. The average Bonchev–Trinajstić information content (AvgIpc) is 3.15. The van der Waals surface area contributed by atoms with E-state index in [4.69, 9.17) is 11.6 Å². The van der Waals surface area contributed by atoms with Crippen molar-refractivity contribution in [1.82, 2.24) is 14.5 Å². The third-order valence-electron chi connectivity index (χ3n) is 5.07. The molecule has 0 saturated carbocycles. The second-order valence-corrected chi connectivity index (χ2v) is 10.7. The van der Waals surface area contributed by atoms with Crippen molar-refractivity contribution >= 4 is 27.3 Å². The summed E-state index contributed by atoms with van der Waals surface area (Å²) in [6, 6.07) is 12.4. The molecule has 1 aromatic heterocycles. The fourth-order valence-electron chi connectivity index (χ4n) is 3.61. The van der Waals surface area contributed by atoms with Gasteiger partial charge in [0.05, 0.1) is 29.8 Å². The van der Waals surface area contributed by atoms with Crippen LogP contribution in [0.1, 0.15) is 35.5 Å². The van der Waals surface area contributed by atoms with Crippen molar-refractivity contribution in [2.45, 2.75) is 37.8 Å². The zero-order valence-electron chi connectivity index (χ0n) is 19.1. The summed E-state index contributed by atoms with van der Waals surface area (Å²) >= 11 is 6.01. The number of sulfone groups is 1. The molecule has 0 fully saturated rings. The van der Waals surface area contributed by atoms with Gasteiger partial charge in [0.15, 0.2) is 0 Å². The topological polar surface area (TPSA) is 72.3 Å². The number of aromatic nitrogens is 2. The summed E-state index contributed by atoms with van der Waals surface area (Å²) in [5.41, 5.74) is 1.02. The molecule has 6 nitrogen and oxygen atoms in total. The van der Waals surface area contributed by atoms with Gasteiger partial charge in [0.2, 0.25) is 15.0 Å². The quantitative estimate of drug-likeness (QED) is 0.359. The van der Waals surface area contributed by atoms with Crippen LogP contribution in [-0.2, 0) is 28.7 Å². The van der Waals surface area contributed by atoms with Gasteiger partial charge in [-0.3, -0.25) is 4.79 Å². The van der Waals surface area contributed by atoms with E-state index in [-0.39, 0.29) is 35.5 Å². The van der Waals surface area contributed by atoms with Crippen LogP contribution >= 0.6 is 11.6 Å². The molecule has 180 valence electrons. The van der Waals surface area contributed by atoms with Crippen LogP contribution in [0.2, 0.25) is 5.02 Å². The van der Waals surface area contributed by atoms with Gasteiger partial charge in [-0.15, -0.1) is 6.58 Å². The van der Waals surface area contributed by atoms with Gasteiger partial charge >= 0.3 is 0 Å². The summed E-state index contributed by atoms with van der Waals surface area (Å²) in [7, 11) is -3.80. The number of benzene rings is 2. The van der Waals surface area contributed by atoms with Crippen LogP contribution in [0, 0.1) is 11.7 Å². The number of imidazole rings is 1. The van der Waals surface area contributed by atoms with Crippen molar-refractivity contribution in [2.75, 3.05) is 6.54 Å². The van der Waals surface area contributed by atoms with Crippen molar-refractivity contribution in [3.05, 3.63) is 95.0 Å². The zero-order valence-corrected chi connectivity index (χ0v) is 20.7. The second-order valence-electron chi connectivity index (χ2n) is 8.38. The van der Waals surface area contributed by atoms with Crippen LogP contribution < -0.4 is 0 Å². The Bertz CT molecular complexity index is 1290. The molecular weight excluding hydrogens is 477 g/mol. The molecule has 0 aliphatic carbocycles. The molecule has 3 aromatic rings. The summed E-state index contributed by atoms with van der Waals surface area (Å²) in [4.78, 5) is 18.7. The molecule has 34 heavy (non-hydrogen) atoms. The maximum Gasteiger partial charge on any atom is 0.257 e. The Morgan fingerprint density at radius 2 is 1.97 bits per heavy atom. The van der Waals surface area contributed by atoms with E-state index in [9.17, 15) is 17.6 Å². The van der Waals surface area contributed by atoms with Crippen LogP contribution in [0.25, 0.3) is 0 Å². The maximum atomic E-state index is 14.2. The van der Waals surface area contributed by atoms with Gasteiger partial charge in [0.25, 0.3) is 5.91 Å². The Morgan fingerprint density at radius 1 is 1.24 bits per heavy atom. The summed E-state index contributed by atoms with van der Waals surface area (Å²) in [5, 5.41) is 0.374. The number of hydrogen-bond donors (Lipinski definition) is 0. The molecule has 0 aliphatic heterocycles. The van der Waals surface area contributed by atoms with Crippen molar-refractivity contribution in [3.63, 3.8) is 0 Å². The average molecular weight is 504 g/mol. The lowest BCUT2D eigenvalue weighted by Gasteiger charge is -2.23. The number of halogens is 2. The van der Waals surface area contributed by atoms with E-state index in [1.165, 1.54) is 29.3 Å². The van der Waals surface area contributed by atoms with Gasteiger partial charge in [0, 0.05) is 18.1 Å². The molecule has 2 aromatic carbocycles. The SMILES string of the molecule is C=CCN(Cc1cnc(S(=O)(=O)Cc2cccc(Cl)c2)n1CC(C)C)C(=O)c1ccccc1F. The van der Waals surface area contributed by atoms with Crippen LogP contribution in [0.5, 0.6) is 0 Å². The third-order valence-corrected chi connectivity index (χ3v) is 6.90. The van der Waals surface area contributed by atoms with Gasteiger partial charge in [-0.2, -0.15) is 0 Å². The fourth-order valence-corrected chi connectivity index (χ4v) is 5.31. The molecule has 3 rings (SSSR count). The number of amides is 1. The smallest absolute Gasteiger partial charge is 0.257 e. The molecule has 1 heterocycles. The van der Waals surface area contributed by atoms with E-state index >= 15 is 0 Å². The Balaban J connectivity index is 1.97. The molecule has 0 saturated heterocycles. The second kappa shape index (κ2) is 11.0. The molecule has 0 spiro atoms. The lowest BCUT2D eigenvalue weighted by Crippen LogP contribution is -2.32. The Labute approximate surface area is 204 Å². The predicted molar refractivity (Wildman–Crippen MR) is 131 cm³/mol. The van der Waals surface area contributed by atoms with E-state index in [1.54, 1.807) is 41.0 Å². The van der Waals surface area contributed by atoms with Crippen molar-refractivity contribution in [2.24, 2.45) is 5.92 Å².